The van der Waals surface area contributed by atoms with Gasteiger partial charge in [-0.3, -0.25) is 14.3 Å². The summed E-state index contributed by atoms with van der Waals surface area (Å²) in [5.41, 5.74) is 1.99. The second-order valence-electron chi connectivity index (χ2n) is 6.78. The third-order valence-corrected chi connectivity index (χ3v) is 4.75. The Morgan fingerprint density at radius 1 is 1.21 bits per heavy atom. The van der Waals surface area contributed by atoms with E-state index in [4.69, 9.17) is 9.15 Å². The quantitative estimate of drug-likeness (QED) is 0.731. The fraction of sp³-hybridized carbons (Fsp3) is 0.350. The Kier molecular flexibility index (Phi) is 5.12. The van der Waals surface area contributed by atoms with Crippen LogP contribution in [0.1, 0.15) is 22.5 Å². The molecule has 0 aliphatic carbocycles. The van der Waals surface area contributed by atoms with E-state index in [0.29, 0.717) is 49.4 Å². The van der Waals surface area contributed by atoms with E-state index in [1.54, 1.807) is 21.8 Å². The number of anilines is 1. The normalized spacial score (nSPS) is 14.4. The number of aromatic nitrogens is 2. The number of rotatable bonds is 5. The summed E-state index contributed by atoms with van der Waals surface area (Å²) in [5.74, 6) is -0.244. The zero-order valence-electron chi connectivity index (χ0n) is 15.7. The molecule has 4 rings (SSSR count). The topological polar surface area (TPSA) is 89.6 Å². The number of ether oxygens (including phenoxy) is 1. The van der Waals surface area contributed by atoms with E-state index in [1.165, 1.54) is 0 Å². The van der Waals surface area contributed by atoms with Crippen LogP contribution in [0.4, 0.5) is 5.69 Å². The maximum Gasteiger partial charge on any atom is 0.291 e. The number of nitrogens with one attached hydrogen (secondary N) is 1. The van der Waals surface area contributed by atoms with Crippen molar-refractivity contribution >= 4 is 28.5 Å². The number of hydrogen-bond acceptors (Lipinski definition) is 5. The van der Waals surface area contributed by atoms with Crippen molar-refractivity contribution in [2.75, 3.05) is 31.6 Å². The van der Waals surface area contributed by atoms with Crippen LogP contribution in [0, 0.1) is 0 Å². The molecule has 1 saturated heterocycles. The number of morpholine rings is 1. The van der Waals surface area contributed by atoms with E-state index in [2.05, 4.69) is 10.4 Å². The lowest BCUT2D eigenvalue weighted by Gasteiger charge is -2.26. The summed E-state index contributed by atoms with van der Waals surface area (Å²) in [6.07, 6.45) is 4.49. The highest BCUT2D eigenvalue weighted by Gasteiger charge is 2.27. The van der Waals surface area contributed by atoms with Gasteiger partial charge in [0.05, 0.1) is 19.4 Å². The van der Waals surface area contributed by atoms with E-state index in [-0.39, 0.29) is 24.0 Å². The molecule has 0 saturated carbocycles. The van der Waals surface area contributed by atoms with Gasteiger partial charge in [-0.2, -0.15) is 5.10 Å². The van der Waals surface area contributed by atoms with Gasteiger partial charge in [-0.15, -0.1) is 0 Å². The molecule has 2 aromatic heterocycles. The highest BCUT2D eigenvalue weighted by Crippen LogP contribution is 2.32. The first kappa shape index (κ1) is 18.2. The molecule has 1 N–H and O–H groups in total. The molecule has 1 aliphatic heterocycles. The van der Waals surface area contributed by atoms with Gasteiger partial charge in [0.25, 0.3) is 5.91 Å². The van der Waals surface area contributed by atoms with Crippen molar-refractivity contribution in [3.8, 4) is 0 Å². The Morgan fingerprint density at radius 3 is 2.75 bits per heavy atom. The predicted octanol–water partition coefficient (Wildman–Crippen LogP) is 2.21. The number of hydrogen-bond donors (Lipinski definition) is 1. The minimum absolute atomic E-state index is 0.165. The highest BCUT2D eigenvalue weighted by molar-refractivity contribution is 6.10. The van der Waals surface area contributed by atoms with Crippen molar-refractivity contribution < 1.29 is 18.7 Å². The molecule has 0 radical (unpaired) electrons. The molecule has 3 heterocycles. The SMILES string of the molecule is Cn1cc(CCC(=O)Nc2c(C(=O)N3CCOCC3)oc3ccccc23)cn1. The summed E-state index contributed by atoms with van der Waals surface area (Å²) in [6, 6.07) is 7.32. The minimum Gasteiger partial charge on any atom is -0.449 e. The molecular formula is C20H22N4O4. The van der Waals surface area contributed by atoms with E-state index < -0.39 is 0 Å². The van der Waals surface area contributed by atoms with E-state index in [9.17, 15) is 9.59 Å². The summed E-state index contributed by atoms with van der Waals surface area (Å²) in [6.45, 7) is 2.01. The summed E-state index contributed by atoms with van der Waals surface area (Å²) < 4.78 is 12.8. The van der Waals surface area contributed by atoms with E-state index in [0.717, 1.165) is 5.56 Å². The first-order valence-electron chi connectivity index (χ1n) is 9.28. The van der Waals surface area contributed by atoms with Crippen LogP contribution in [-0.4, -0.2) is 52.8 Å². The molecule has 2 amide bonds. The van der Waals surface area contributed by atoms with Gasteiger partial charge in [0.15, 0.2) is 0 Å². The molecule has 0 atom stereocenters. The number of carbonyl (C=O) groups is 2. The fourth-order valence-corrected chi connectivity index (χ4v) is 3.29. The van der Waals surface area contributed by atoms with Crippen molar-refractivity contribution in [1.29, 1.82) is 0 Å². The van der Waals surface area contributed by atoms with E-state index >= 15 is 0 Å². The number of carbonyl (C=O) groups excluding carboxylic acids is 2. The van der Waals surface area contributed by atoms with Crippen LogP contribution in [0.2, 0.25) is 0 Å². The van der Waals surface area contributed by atoms with Crippen LogP contribution in [0.3, 0.4) is 0 Å². The third kappa shape index (κ3) is 3.77. The smallest absolute Gasteiger partial charge is 0.291 e. The molecule has 28 heavy (non-hydrogen) atoms. The second kappa shape index (κ2) is 7.85. The molecular weight excluding hydrogens is 360 g/mol. The lowest BCUT2D eigenvalue weighted by molar-refractivity contribution is -0.116. The predicted molar refractivity (Wildman–Crippen MR) is 103 cm³/mol. The number of fused-ring (bicyclic) bond motifs is 1. The summed E-state index contributed by atoms with van der Waals surface area (Å²) in [4.78, 5) is 27.2. The molecule has 1 aromatic carbocycles. The first-order valence-corrected chi connectivity index (χ1v) is 9.28. The maximum atomic E-state index is 13.0. The maximum absolute atomic E-state index is 13.0. The summed E-state index contributed by atoms with van der Waals surface area (Å²) >= 11 is 0. The molecule has 1 fully saturated rings. The number of aryl methyl sites for hydroxylation is 2. The average molecular weight is 382 g/mol. The Bertz CT molecular complexity index is 1000. The number of benzene rings is 1. The van der Waals surface area contributed by atoms with Crippen LogP contribution in [0.25, 0.3) is 11.0 Å². The fourth-order valence-electron chi connectivity index (χ4n) is 3.29. The highest BCUT2D eigenvalue weighted by atomic mass is 16.5. The van der Waals surface area contributed by atoms with Gasteiger partial charge < -0.3 is 19.4 Å². The van der Waals surface area contributed by atoms with Crippen LogP contribution in [0.5, 0.6) is 0 Å². The molecule has 8 nitrogen and oxygen atoms in total. The van der Waals surface area contributed by atoms with Crippen LogP contribution in [-0.2, 0) is 23.0 Å². The lowest BCUT2D eigenvalue weighted by atomic mass is 10.1. The zero-order valence-corrected chi connectivity index (χ0v) is 15.7. The van der Waals surface area contributed by atoms with Gasteiger partial charge in [0, 0.05) is 38.1 Å². The van der Waals surface area contributed by atoms with Crippen LogP contribution >= 0.6 is 0 Å². The van der Waals surface area contributed by atoms with Gasteiger partial charge >= 0.3 is 0 Å². The number of nitrogens with zero attached hydrogens (tertiary/aromatic N) is 3. The van der Waals surface area contributed by atoms with Crippen molar-refractivity contribution in [2.24, 2.45) is 7.05 Å². The van der Waals surface area contributed by atoms with Gasteiger partial charge in [-0.05, 0) is 24.1 Å². The summed E-state index contributed by atoms with van der Waals surface area (Å²) in [7, 11) is 1.84. The van der Waals surface area contributed by atoms with Crippen molar-refractivity contribution in [3.05, 3.63) is 48.0 Å². The second-order valence-corrected chi connectivity index (χ2v) is 6.78. The molecule has 0 unspecified atom stereocenters. The van der Waals surface area contributed by atoms with Crippen molar-refractivity contribution in [2.45, 2.75) is 12.8 Å². The molecule has 0 bridgehead atoms. The summed E-state index contributed by atoms with van der Waals surface area (Å²) in [5, 5.41) is 7.72. The lowest BCUT2D eigenvalue weighted by Crippen LogP contribution is -2.40. The van der Waals surface area contributed by atoms with E-state index in [1.807, 2.05) is 31.4 Å². The monoisotopic (exact) mass is 382 g/mol. The standard InChI is InChI=1S/C20H22N4O4/c1-23-13-14(12-21-23)6-7-17(25)22-18-15-4-2-3-5-16(15)28-19(18)20(26)24-8-10-27-11-9-24/h2-5,12-13H,6-11H2,1H3,(H,22,25). The first-order chi connectivity index (χ1) is 13.6. The van der Waals surface area contributed by atoms with Crippen LogP contribution < -0.4 is 5.32 Å². The van der Waals surface area contributed by atoms with Crippen molar-refractivity contribution in [1.82, 2.24) is 14.7 Å². The molecule has 0 spiro atoms. The average Bonchev–Trinajstić information content (AvgIpc) is 3.30. The Morgan fingerprint density at radius 2 is 2.00 bits per heavy atom. The molecule has 1 aliphatic rings. The minimum atomic E-state index is -0.234. The Labute approximate surface area is 162 Å². The third-order valence-electron chi connectivity index (χ3n) is 4.75. The largest absolute Gasteiger partial charge is 0.449 e. The molecule has 3 aromatic rings. The number of furan rings is 1. The molecule has 8 heteroatoms. The zero-order chi connectivity index (χ0) is 19.5. The Balaban J connectivity index is 1.55. The van der Waals surface area contributed by atoms with Gasteiger partial charge in [-0.1, -0.05) is 12.1 Å². The number of para-hydroxylation sites is 1. The van der Waals surface area contributed by atoms with Crippen molar-refractivity contribution in [3.63, 3.8) is 0 Å². The van der Waals surface area contributed by atoms with Gasteiger partial charge in [0.1, 0.15) is 11.3 Å². The van der Waals surface area contributed by atoms with Gasteiger partial charge in [-0.25, -0.2) is 0 Å². The Hall–Kier alpha value is -3.13. The number of amides is 2. The molecule has 146 valence electrons. The van der Waals surface area contributed by atoms with Crippen LogP contribution in [0.15, 0.2) is 41.1 Å². The van der Waals surface area contributed by atoms with Gasteiger partial charge in [0.2, 0.25) is 11.7 Å².